The average molecular weight is 530 g/mol. The topological polar surface area (TPSA) is 61.8 Å². The van der Waals surface area contributed by atoms with Crippen molar-refractivity contribution < 1.29 is 4.74 Å². The maximum absolute atomic E-state index is 6.28. The lowest BCUT2D eigenvalue weighted by Gasteiger charge is -2.20. The van der Waals surface area contributed by atoms with Gasteiger partial charge < -0.3 is 20.3 Å². The minimum Gasteiger partial charge on any atom is -0.375 e. The first-order valence-electron chi connectivity index (χ1n) is 9.78. The van der Waals surface area contributed by atoms with Crippen molar-refractivity contribution in [3.63, 3.8) is 0 Å². The summed E-state index contributed by atoms with van der Waals surface area (Å²) in [5.41, 5.74) is 1.18. The standard InChI is InChI=1S/C21H28ClN5O.HI/c1-2-23-21(25-12-14-28-16-17-7-4-3-5-8-17)26-18-10-13-27(15-18)20-19(22)9-6-11-24-20;/h3-9,11,18H,2,10,12-16H2,1H3,(H2,23,25,26);1H. The molecule has 0 spiro atoms. The van der Waals surface area contributed by atoms with Crippen LogP contribution in [-0.4, -0.2) is 49.8 Å². The SMILES string of the molecule is CCNC(=NCCOCc1ccccc1)NC1CCN(c2ncccc2Cl)C1.I. The number of hydrogen-bond donors (Lipinski definition) is 2. The molecule has 2 heterocycles. The van der Waals surface area contributed by atoms with Crippen LogP contribution in [0, 0.1) is 0 Å². The Morgan fingerprint density at radius 2 is 2.10 bits per heavy atom. The number of rotatable bonds is 8. The van der Waals surface area contributed by atoms with Gasteiger partial charge in [-0.1, -0.05) is 41.9 Å². The van der Waals surface area contributed by atoms with Crippen molar-refractivity contribution in [2.45, 2.75) is 26.0 Å². The van der Waals surface area contributed by atoms with Crippen LogP contribution in [0.15, 0.2) is 53.7 Å². The molecular formula is C21H29ClIN5O. The molecule has 1 aromatic heterocycles. The molecule has 1 atom stereocenters. The molecule has 0 radical (unpaired) electrons. The second-order valence-electron chi connectivity index (χ2n) is 6.68. The van der Waals surface area contributed by atoms with Gasteiger partial charge in [0.15, 0.2) is 5.96 Å². The van der Waals surface area contributed by atoms with Crippen LogP contribution in [0.3, 0.4) is 0 Å². The van der Waals surface area contributed by atoms with Crippen molar-refractivity contribution in [2.75, 3.05) is 37.7 Å². The molecule has 1 unspecified atom stereocenters. The number of pyridine rings is 1. The number of nitrogens with one attached hydrogen (secondary N) is 2. The van der Waals surface area contributed by atoms with Gasteiger partial charge in [0, 0.05) is 31.9 Å². The molecule has 2 N–H and O–H groups in total. The first-order chi connectivity index (χ1) is 13.8. The van der Waals surface area contributed by atoms with Gasteiger partial charge in [-0.25, -0.2) is 4.98 Å². The van der Waals surface area contributed by atoms with Gasteiger partial charge in [-0.15, -0.1) is 24.0 Å². The fraction of sp³-hybridized carbons (Fsp3) is 0.429. The van der Waals surface area contributed by atoms with Crippen molar-refractivity contribution in [3.8, 4) is 0 Å². The minimum atomic E-state index is 0. The van der Waals surface area contributed by atoms with Crippen molar-refractivity contribution in [2.24, 2.45) is 4.99 Å². The van der Waals surface area contributed by atoms with Gasteiger partial charge in [0.2, 0.25) is 0 Å². The number of anilines is 1. The number of halogens is 2. The maximum atomic E-state index is 6.28. The third kappa shape index (κ3) is 7.64. The molecule has 3 rings (SSSR count). The van der Waals surface area contributed by atoms with Crippen LogP contribution < -0.4 is 15.5 Å². The number of ether oxygens (including phenoxy) is 1. The predicted octanol–water partition coefficient (Wildman–Crippen LogP) is 3.70. The Hall–Kier alpha value is -1.58. The molecule has 6 nitrogen and oxygen atoms in total. The largest absolute Gasteiger partial charge is 0.375 e. The number of hydrogen-bond acceptors (Lipinski definition) is 4. The monoisotopic (exact) mass is 529 g/mol. The summed E-state index contributed by atoms with van der Waals surface area (Å²) in [6.07, 6.45) is 2.80. The minimum absolute atomic E-state index is 0. The van der Waals surface area contributed by atoms with Gasteiger partial charge >= 0.3 is 0 Å². The summed E-state index contributed by atoms with van der Waals surface area (Å²) >= 11 is 6.28. The van der Waals surface area contributed by atoms with Gasteiger partial charge in [-0.3, -0.25) is 4.99 Å². The summed E-state index contributed by atoms with van der Waals surface area (Å²) in [4.78, 5) is 11.3. The van der Waals surface area contributed by atoms with Crippen LogP contribution in [0.25, 0.3) is 0 Å². The fourth-order valence-electron chi connectivity index (χ4n) is 3.18. The van der Waals surface area contributed by atoms with Crippen molar-refractivity contribution >= 4 is 47.4 Å². The second-order valence-corrected chi connectivity index (χ2v) is 7.09. The molecule has 1 aliphatic rings. The van der Waals surface area contributed by atoms with E-state index in [-0.39, 0.29) is 24.0 Å². The van der Waals surface area contributed by atoms with Crippen LogP contribution >= 0.6 is 35.6 Å². The number of benzene rings is 1. The highest BCUT2D eigenvalue weighted by Gasteiger charge is 2.25. The van der Waals surface area contributed by atoms with E-state index in [0.717, 1.165) is 37.8 Å². The molecule has 0 aliphatic carbocycles. The van der Waals surface area contributed by atoms with Gasteiger partial charge in [0.25, 0.3) is 0 Å². The third-order valence-corrected chi connectivity index (χ3v) is 4.82. The normalized spacial score (nSPS) is 16.4. The quantitative estimate of drug-likeness (QED) is 0.236. The Morgan fingerprint density at radius 1 is 1.28 bits per heavy atom. The Bertz CT molecular complexity index is 762. The van der Waals surface area contributed by atoms with Crippen LogP contribution in [-0.2, 0) is 11.3 Å². The molecule has 0 bridgehead atoms. The lowest BCUT2D eigenvalue weighted by molar-refractivity contribution is 0.128. The van der Waals surface area contributed by atoms with E-state index in [0.29, 0.717) is 30.8 Å². The van der Waals surface area contributed by atoms with Crippen molar-refractivity contribution in [1.82, 2.24) is 15.6 Å². The Labute approximate surface area is 195 Å². The maximum Gasteiger partial charge on any atom is 0.191 e. The number of nitrogens with zero attached hydrogens (tertiary/aromatic N) is 3. The van der Waals surface area contributed by atoms with Crippen LogP contribution in [0.2, 0.25) is 5.02 Å². The Morgan fingerprint density at radius 3 is 2.86 bits per heavy atom. The lowest BCUT2D eigenvalue weighted by atomic mass is 10.2. The summed E-state index contributed by atoms with van der Waals surface area (Å²) in [5, 5.41) is 7.52. The van der Waals surface area contributed by atoms with E-state index < -0.39 is 0 Å². The van der Waals surface area contributed by atoms with E-state index >= 15 is 0 Å². The molecule has 158 valence electrons. The Kier molecular flexibility index (Phi) is 10.5. The smallest absolute Gasteiger partial charge is 0.191 e. The first-order valence-corrected chi connectivity index (χ1v) is 10.2. The summed E-state index contributed by atoms with van der Waals surface area (Å²) in [5.74, 6) is 1.68. The zero-order valence-corrected chi connectivity index (χ0v) is 19.8. The van der Waals surface area contributed by atoms with Gasteiger partial charge in [0.1, 0.15) is 5.82 Å². The average Bonchev–Trinajstić information content (AvgIpc) is 3.17. The summed E-state index contributed by atoms with van der Waals surface area (Å²) in [7, 11) is 0. The third-order valence-electron chi connectivity index (χ3n) is 4.53. The van der Waals surface area contributed by atoms with Gasteiger partial charge in [0.05, 0.1) is 24.8 Å². The van der Waals surface area contributed by atoms with E-state index in [4.69, 9.17) is 16.3 Å². The van der Waals surface area contributed by atoms with Crippen LogP contribution in [0.5, 0.6) is 0 Å². The zero-order valence-electron chi connectivity index (χ0n) is 16.7. The van der Waals surface area contributed by atoms with E-state index in [2.05, 4.69) is 44.6 Å². The van der Waals surface area contributed by atoms with E-state index in [1.165, 1.54) is 5.56 Å². The summed E-state index contributed by atoms with van der Waals surface area (Å²) in [6.45, 7) is 6.48. The highest BCUT2D eigenvalue weighted by molar-refractivity contribution is 14.0. The molecule has 0 saturated carbocycles. The zero-order chi connectivity index (χ0) is 19.6. The molecule has 1 aromatic carbocycles. The van der Waals surface area contributed by atoms with Crippen molar-refractivity contribution in [1.29, 1.82) is 0 Å². The van der Waals surface area contributed by atoms with E-state index in [1.807, 2.05) is 30.3 Å². The first kappa shape index (κ1) is 23.7. The Balaban J connectivity index is 0.00000300. The highest BCUT2D eigenvalue weighted by Crippen LogP contribution is 2.25. The molecule has 29 heavy (non-hydrogen) atoms. The highest BCUT2D eigenvalue weighted by atomic mass is 127. The van der Waals surface area contributed by atoms with E-state index in [1.54, 1.807) is 6.20 Å². The summed E-state index contributed by atoms with van der Waals surface area (Å²) in [6, 6.07) is 14.2. The molecule has 1 fully saturated rings. The van der Waals surface area contributed by atoms with Crippen LogP contribution in [0.1, 0.15) is 18.9 Å². The lowest BCUT2D eigenvalue weighted by Crippen LogP contribution is -2.44. The second kappa shape index (κ2) is 12.9. The molecular weight excluding hydrogens is 501 g/mol. The molecule has 2 aromatic rings. The fourth-order valence-corrected chi connectivity index (χ4v) is 3.42. The summed E-state index contributed by atoms with van der Waals surface area (Å²) < 4.78 is 5.71. The van der Waals surface area contributed by atoms with E-state index in [9.17, 15) is 0 Å². The van der Waals surface area contributed by atoms with Gasteiger partial charge in [-0.05, 0) is 31.0 Å². The number of aliphatic imine (C=N–C) groups is 1. The molecule has 8 heteroatoms. The number of aromatic nitrogens is 1. The molecule has 0 amide bonds. The van der Waals surface area contributed by atoms with Gasteiger partial charge in [-0.2, -0.15) is 0 Å². The molecule has 1 aliphatic heterocycles. The predicted molar refractivity (Wildman–Crippen MR) is 130 cm³/mol. The van der Waals surface area contributed by atoms with Crippen LogP contribution in [0.4, 0.5) is 5.82 Å². The number of guanidine groups is 1. The van der Waals surface area contributed by atoms with Crippen molar-refractivity contribution in [3.05, 3.63) is 59.2 Å². The molecule has 1 saturated heterocycles.